The molecule has 1 aromatic rings. The average Bonchev–Trinajstić information content (AvgIpc) is 2.41. The van der Waals surface area contributed by atoms with E-state index in [1.807, 2.05) is 20.0 Å². The first kappa shape index (κ1) is 15.1. The largest absolute Gasteiger partial charge is 0.489 e. The Morgan fingerprint density at radius 1 is 1.52 bits per heavy atom. The summed E-state index contributed by atoms with van der Waals surface area (Å²) in [5.41, 5.74) is -0.270. The van der Waals surface area contributed by atoms with Gasteiger partial charge in [0.15, 0.2) is 6.19 Å². The first-order chi connectivity index (χ1) is 10.0. The minimum Gasteiger partial charge on any atom is -0.489 e. The highest BCUT2D eigenvalue weighted by Crippen LogP contribution is 2.29. The number of hydrogen-bond donors (Lipinski definition) is 1. The van der Waals surface area contributed by atoms with Gasteiger partial charge in [0, 0.05) is 12.3 Å². The highest BCUT2D eigenvalue weighted by molar-refractivity contribution is 6.21. The van der Waals surface area contributed by atoms with Crippen molar-refractivity contribution >= 4 is 23.5 Å². The summed E-state index contributed by atoms with van der Waals surface area (Å²) < 4.78 is 18.9. The van der Waals surface area contributed by atoms with Crippen molar-refractivity contribution in [3.05, 3.63) is 35.9 Å². The summed E-state index contributed by atoms with van der Waals surface area (Å²) in [7, 11) is 0. The maximum Gasteiger partial charge on any atom is 0.211 e. The molecule has 0 aliphatic carbocycles. The number of hydrogen-bond acceptors (Lipinski definition) is 5. The third-order valence-electron chi connectivity index (χ3n) is 2.59. The standard InChI is InChI=1S/C14H14ClFN4O/c1-9(2)21-12-7-10(16)3-4-11(12)19-13-5-6-18-14(15)20(13)8-17/h3-7,9,14,19H,1-2H3. The van der Waals surface area contributed by atoms with Crippen LogP contribution in [0.5, 0.6) is 5.75 Å². The van der Waals surface area contributed by atoms with Crippen LogP contribution < -0.4 is 10.1 Å². The molecule has 0 radical (unpaired) electrons. The minimum absolute atomic E-state index is 0.109. The molecule has 21 heavy (non-hydrogen) atoms. The lowest BCUT2D eigenvalue weighted by Crippen LogP contribution is -2.31. The molecule has 1 N–H and O–H groups in total. The second-order valence-corrected chi connectivity index (χ2v) is 4.95. The van der Waals surface area contributed by atoms with Crippen LogP contribution in [0.1, 0.15) is 13.8 Å². The van der Waals surface area contributed by atoms with Crippen molar-refractivity contribution < 1.29 is 9.13 Å². The second kappa shape index (κ2) is 6.46. The molecule has 0 aromatic heterocycles. The second-order valence-electron chi connectivity index (χ2n) is 4.56. The monoisotopic (exact) mass is 308 g/mol. The molecule has 0 fully saturated rings. The fourth-order valence-electron chi connectivity index (χ4n) is 1.74. The molecule has 0 saturated heterocycles. The summed E-state index contributed by atoms with van der Waals surface area (Å²) in [6.07, 6.45) is 4.93. The maximum atomic E-state index is 13.4. The van der Waals surface area contributed by atoms with Crippen LogP contribution in [0.3, 0.4) is 0 Å². The Morgan fingerprint density at radius 3 is 2.95 bits per heavy atom. The summed E-state index contributed by atoms with van der Waals surface area (Å²) in [5, 5.41) is 12.1. The van der Waals surface area contributed by atoms with Crippen LogP contribution in [-0.2, 0) is 0 Å². The average molecular weight is 309 g/mol. The number of ether oxygens (including phenoxy) is 1. The molecule has 1 aromatic carbocycles. The van der Waals surface area contributed by atoms with Crippen molar-refractivity contribution in [2.75, 3.05) is 5.32 Å². The molecular formula is C14H14ClFN4O. The molecule has 0 spiro atoms. The van der Waals surface area contributed by atoms with Gasteiger partial charge in [-0.2, -0.15) is 5.26 Å². The molecule has 5 nitrogen and oxygen atoms in total. The Hall–Kier alpha value is -2.26. The van der Waals surface area contributed by atoms with Gasteiger partial charge in [0.05, 0.1) is 11.8 Å². The Kier molecular flexibility index (Phi) is 4.66. The zero-order chi connectivity index (χ0) is 15.4. The van der Waals surface area contributed by atoms with E-state index in [0.29, 0.717) is 17.3 Å². The van der Waals surface area contributed by atoms with Crippen LogP contribution in [0.4, 0.5) is 10.1 Å². The number of aliphatic imine (C=N–C) groups is 1. The molecule has 1 unspecified atom stereocenters. The number of nitriles is 1. The van der Waals surface area contributed by atoms with Crippen LogP contribution in [-0.4, -0.2) is 22.8 Å². The number of anilines is 1. The van der Waals surface area contributed by atoms with Crippen LogP contribution in [0.15, 0.2) is 35.1 Å². The van der Waals surface area contributed by atoms with E-state index in [9.17, 15) is 4.39 Å². The van der Waals surface area contributed by atoms with Gasteiger partial charge < -0.3 is 10.1 Å². The molecule has 1 atom stereocenters. The molecule has 1 aliphatic heterocycles. The summed E-state index contributed by atoms with van der Waals surface area (Å²) in [6.45, 7) is 3.69. The molecule has 1 heterocycles. The van der Waals surface area contributed by atoms with E-state index in [2.05, 4.69) is 10.3 Å². The highest BCUT2D eigenvalue weighted by Gasteiger charge is 2.21. The van der Waals surface area contributed by atoms with Gasteiger partial charge in [0.25, 0.3) is 0 Å². The number of nitrogens with zero attached hydrogens (tertiary/aromatic N) is 3. The van der Waals surface area contributed by atoms with Gasteiger partial charge >= 0.3 is 0 Å². The third kappa shape index (κ3) is 3.64. The lowest BCUT2D eigenvalue weighted by atomic mass is 10.2. The quantitative estimate of drug-likeness (QED) is 0.527. The van der Waals surface area contributed by atoms with E-state index in [-0.39, 0.29) is 6.10 Å². The van der Waals surface area contributed by atoms with Crippen LogP contribution in [0.2, 0.25) is 0 Å². The Morgan fingerprint density at radius 2 is 2.29 bits per heavy atom. The third-order valence-corrected chi connectivity index (χ3v) is 2.90. The maximum absolute atomic E-state index is 13.4. The molecule has 2 rings (SSSR count). The lowest BCUT2D eigenvalue weighted by molar-refractivity contribution is 0.242. The van der Waals surface area contributed by atoms with Crippen LogP contribution in [0.25, 0.3) is 0 Å². The van der Waals surface area contributed by atoms with Gasteiger partial charge in [-0.1, -0.05) is 11.6 Å². The van der Waals surface area contributed by atoms with Crippen LogP contribution in [0, 0.1) is 17.3 Å². The highest BCUT2D eigenvalue weighted by atomic mass is 35.5. The number of benzene rings is 1. The van der Waals surface area contributed by atoms with Gasteiger partial charge in [-0.25, -0.2) is 9.29 Å². The Bertz CT molecular complexity index is 624. The van der Waals surface area contributed by atoms with Crippen molar-refractivity contribution in [3.63, 3.8) is 0 Å². The van der Waals surface area contributed by atoms with E-state index in [1.54, 1.807) is 12.1 Å². The van der Waals surface area contributed by atoms with Crippen molar-refractivity contribution in [2.45, 2.75) is 25.6 Å². The summed E-state index contributed by atoms with van der Waals surface area (Å²) in [4.78, 5) is 5.09. The van der Waals surface area contributed by atoms with E-state index in [4.69, 9.17) is 21.6 Å². The molecular weight excluding hydrogens is 295 g/mol. The van der Waals surface area contributed by atoms with Gasteiger partial charge in [-0.3, -0.25) is 4.99 Å². The normalized spacial score (nSPS) is 17.4. The molecule has 110 valence electrons. The predicted octanol–water partition coefficient (Wildman–Crippen LogP) is 3.26. The van der Waals surface area contributed by atoms with E-state index in [1.165, 1.54) is 23.2 Å². The van der Waals surface area contributed by atoms with Crippen LogP contribution >= 0.6 is 11.6 Å². The molecule has 1 aliphatic rings. The lowest BCUT2D eigenvalue weighted by Gasteiger charge is -2.25. The molecule has 0 saturated carbocycles. The van der Waals surface area contributed by atoms with Crippen molar-refractivity contribution in [1.29, 1.82) is 5.26 Å². The predicted molar refractivity (Wildman–Crippen MR) is 79.5 cm³/mol. The summed E-state index contributed by atoms with van der Waals surface area (Å²) in [5.74, 6) is 0.396. The first-order valence-electron chi connectivity index (χ1n) is 6.31. The van der Waals surface area contributed by atoms with E-state index < -0.39 is 11.4 Å². The topological polar surface area (TPSA) is 60.6 Å². The van der Waals surface area contributed by atoms with Gasteiger partial charge in [-0.05, 0) is 32.1 Å². The number of allylic oxidation sites excluding steroid dienone is 1. The zero-order valence-electron chi connectivity index (χ0n) is 11.5. The van der Waals surface area contributed by atoms with Gasteiger partial charge in [0.1, 0.15) is 17.4 Å². The minimum atomic E-state index is -0.808. The fourth-order valence-corrected chi connectivity index (χ4v) is 1.95. The zero-order valence-corrected chi connectivity index (χ0v) is 12.3. The summed E-state index contributed by atoms with van der Waals surface area (Å²) in [6, 6.07) is 4.13. The van der Waals surface area contributed by atoms with E-state index >= 15 is 0 Å². The summed E-state index contributed by atoms with van der Waals surface area (Å²) >= 11 is 5.93. The number of halogens is 2. The molecule has 0 amide bonds. The Balaban J connectivity index is 2.29. The Labute approximate surface area is 127 Å². The smallest absolute Gasteiger partial charge is 0.211 e. The number of alkyl halides is 1. The van der Waals surface area contributed by atoms with Crippen molar-refractivity contribution in [1.82, 2.24) is 4.90 Å². The van der Waals surface area contributed by atoms with Gasteiger partial charge in [0.2, 0.25) is 5.62 Å². The molecule has 0 bridgehead atoms. The first-order valence-corrected chi connectivity index (χ1v) is 6.74. The van der Waals surface area contributed by atoms with E-state index in [0.717, 1.165) is 0 Å². The van der Waals surface area contributed by atoms with Crippen molar-refractivity contribution in [3.8, 4) is 11.9 Å². The fraction of sp³-hybridized carbons (Fsp3) is 0.286. The van der Waals surface area contributed by atoms with Crippen molar-refractivity contribution in [2.24, 2.45) is 4.99 Å². The SMILES string of the molecule is CC(C)Oc1cc(F)ccc1NC1=CC=NC(Cl)N1C#N. The number of rotatable bonds is 4. The molecule has 7 heteroatoms. The van der Waals surface area contributed by atoms with Gasteiger partial charge in [-0.15, -0.1) is 0 Å². The number of nitrogens with one attached hydrogen (secondary N) is 1.